The predicted octanol–water partition coefficient (Wildman–Crippen LogP) is 1.48. The topological polar surface area (TPSA) is 103 Å². The molecule has 1 atom stereocenters. The first-order valence-electron chi connectivity index (χ1n) is 7.24. The molecule has 3 amide bonds. The number of hydrogen-bond acceptors (Lipinski definition) is 4. The molecule has 1 aliphatic heterocycles. The van der Waals surface area contributed by atoms with E-state index in [2.05, 4.69) is 10.6 Å². The lowest BCUT2D eigenvalue weighted by molar-refractivity contribution is 0.1000. The molecule has 1 unspecified atom stereocenters. The van der Waals surface area contributed by atoms with Gasteiger partial charge in [-0.05, 0) is 37.5 Å². The third-order valence-electron chi connectivity index (χ3n) is 3.51. The first-order valence-corrected chi connectivity index (χ1v) is 7.24. The zero-order valence-electron chi connectivity index (χ0n) is 12.6. The zero-order valence-corrected chi connectivity index (χ0v) is 12.6. The Labute approximate surface area is 129 Å². The number of anilines is 1. The van der Waals surface area contributed by atoms with Gasteiger partial charge in [0, 0.05) is 18.7 Å². The third kappa shape index (κ3) is 4.36. The lowest BCUT2D eigenvalue weighted by Crippen LogP contribution is -2.31. The van der Waals surface area contributed by atoms with Crippen molar-refractivity contribution >= 4 is 17.6 Å². The van der Waals surface area contributed by atoms with Gasteiger partial charge in [-0.2, -0.15) is 0 Å². The van der Waals surface area contributed by atoms with Gasteiger partial charge in [0.15, 0.2) is 0 Å². The molecule has 4 N–H and O–H groups in total. The second-order valence-corrected chi connectivity index (χ2v) is 5.08. The van der Waals surface area contributed by atoms with E-state index >= 15 is 0 Å². The molecule has 1 aromatic rings. The molecule has 0 aliphatic carbocycles. The minimum absolute atomic E-state index is 0.230. The van der Waals surface area contributed by atoms with E-state index in [4.69, 9.17) is 15.2 Å². The Kier molecular flexibility index (Phi) is 5.60. The van der Waals surface area contributed by atoms with Crippen molar-refractivity contribution in [1.82, 2.24) is 5.32 Å². The van der Waals surface area contributed by atoms with Crippen LogP contribution in [0.15, 0.2) is 18.2 Å². The quantitative estimate of drug-likeness (QED) is 0.740. The Hall–Kier alpha value is -2.28. The molecule has 120 valence electrons. The average Bonchev–Trinajstić information content (AvgIpc) is 3.00. The van der Waals surface area contributed by atoms with Gasteiger partial charge in [-0.3, -0.25) is 4.79 Å². The summed E-state index contributed by atoms with van der Waals surface area (Å²) in [5, 5.41) is 5.41. The van der Waals surface area contributed by atoms with Crippen LogP contribution in [0.2, 0.25) is 0 Å². The smallest absolute Gasteiger partial charge is 0.319 e. The normalized spacial score (nSPS) is 17.0. The largest absolute Gasteiger partial charge is 0.495 e. The lowest BCUT2D eigenvalue weighted by Gasteiger charge is -2.13. The Balaban J connectivity index is 1.89. The molecule has 22 heavy (non-hydrogen) atoms. The van der Waals surface area contributed by atoms with Crippen molar-refractivity contribution < 1.29 is 19.1 Å². The number of hydrogen-bond donors (Lipinski definition) is 3. The number of nitrogens with one attached hydrogen (secondary N) is 2. The standard InChI is InChI=1S/C15H21N3O4/c1-21-13-5-4-10(14(16)19)9-12(13)18-15(20)17-7-6-11-3-2-8-22-11/h4-5,9,11H,2-3,6-8H2,1H3,(H2,16,19)(H2,17,18,20). The zero-order chi connectivity index (χ0) is 15.9. The highest BCUT2D eigenvalue weighted by Gasteiger charge is 2.15. The maximum atomic E-state index is 11.9. The van der Waals surface area contributed by atoms with Gasteiger partial charge >= 0.3 is 6.03 Å². The Morgan fingerprint density at radius 1 is 1.45 bits per heavy atom. The second kappa shape index (κ2) is 7.65. The van der Waals surface area contributed by atoms with Crippen LogP contribution in [0.1, 0.15) is 29.6 Å². The number of primary amides is 1. The number of carbonyl (C=O) groups is 2. The Morgan fingerprint density at radius 2 is 2.27 bits per heavy atom. The fourth-order valence-corrected chi connectivity index (χ4v) is 2.34. The molecule has 0 radical (unpaired) electrons. The van der Waals surface area contributed by atoms with Gasteiger partial charge in [0.05, 0.1) is 18.9 Å². The molecular formula is C15H21N3O4. The summed E-state index contributed by atoms with van der Waals surface area (Å²) in [5.41, 5.74) is 5.93. The van der Waals surface area contributed by atoms with Crippen LogP contribution >= 0.6 is 0 Å². The third-order valence-corrected chi connectivity index (χ3v) is 3.51. The van der Waals surface area contributed by atoms with Crippen LogP contribution < -0.4 is 21.1 Å². The minimum Gasteiger partial charge on any atom is -0.495 e. The van der Waals surface area contributed by atoms with E-state index < -0.39 is 5.91 Å². The maximum Gasteiger partial charge on any atom is 0.319 e. The molecule has 0 spiro atoms. The number of urea groups is 1. The van der Waals surface area contributed by atoms with Crippen molar-refractivity contribution in [3.8, 4) is 5.75 Å². The highest BCUT2D eigenvalue weighted by molar-refractivity contribution is 5.97. The van der Waals surface area contributed by atoms with E-state index in [1.165, 1.54) is 13.2 Å². The van der Waals surface area contributed by atoms with Crippen molar-refractivity contribution in [2.45, 2.75) is 25.4 Å². The molecule has 1 fully saturated rings. The van der Waals surface area contributed by atoms with Crippen LogP contribution in [-0.4, -0.2) is 38.3 Å². The van der Waals surface area contributed by atoms with Crippen LogP contribution in [-0.2, 0) is 4.74 Å². The molecule has 0 bridgehead atoms. The molecule has 2 rings (SSSR count). The number of ether oxygens (including phenoxy) is 2. The van der Waals surface area contributed by atoms with E-state index in [1.54, 1.807) is 12.1 Å². The van der Waals surface area contributed by atoms with Gasteiger partial charge in [0.2, 0.25) is 5.91 Å². The van der Waals surface area contributed by atoms with Crippen LogP contribution in [0.3, 0.4) is 0 Å². The minimum atomic E-state index is -0.565. The van der Waals surface area contributed by atoms with E-state index in [1.807, 2.05) is 0 Å². The molecule has 7 heteroatoms. The van der Waals surface area contributed by atoms with Crippen molar-refractivity contribution in [1.29, 1.82) is 0 Å². The molecule has 0 aromatic heterocycles. The van der Waals surface area contributed by atoms with Gasteiger partial charge in [0.1, 0.15) is 5.75 Å². The molecule has 7 nitrogen and oxygen atoms in total. The summed E-state index contributed by atoms with van der Waals surface area (Å²) in [7, 11) is 1.49. The van der Waals surface area contributed by atoms with E-state index in [0.29, 0.717) is 23.5 Å². The van der Waals surface area contributed by atoms with Gasteiger partial charge in [-0.1, -0.05) is 0 Å². The number of nitrogens with two attached hydrogens (primary N) is 1. The van der Waals surface area contributed by atoms with Gasteiger partial charge < -0.3 is 25.8 Å². The highest BCUT2D eigenvalue weighted by Crippen LogP contribution is 2.25. The first kappa shape index (κ1) is 16.1. The van der Waals surface area contributed by atoms with Crippen molar-refractivity contribution in [3.05, 3.63) is 23.8 Å². The molecule has 1 saturated heterocycles. The maximum absolute atomic E-state index is 11.9. The van der Waals surface area contributed by atoms with E-state index in [-0.39, 0.29) is 12.1 Å². The summed E-state index contributed by atoms with van der Waals surface area (Å²) in [6.07, 6.45) is 3.13. The highest BCUT2D eigenvalue weighted by atomic mass is 16.5. The van der Waals surface area contributed by atoms with E-state index in [0.717, 1.165) is 25.9 Å². The van der Waals surface area contributed by atoms with Crippen LogP contribution in [0.4, 0.5) is 10.5 Å². The Morgan fingerprint density at radius 3 is 2.91 bits per heavy atom. The first-order chi connectivity index (χ1) is 10.6. The molecule has 0 saturated carbocycles. The monoisotopic (exact) mass is 307 g/mol. The molecule has 1 aliphatic rings. The van der Waals surface area contributed by atoms with Crippen LogP contribution in [0.25, 0.3) is 0 Å². The summed E-state index contributed by atoms with van der Waals surface area (Å²) in [6.45, 7) is 1.32. The van der Waals surface area contributed by atoms with Gasteiger partial charge in [-0.15, -0.1) is 0 Å². The number of benzene rings is 1. The molecule has 1 aromatic carbocycles. The fraction of sp³-hybridized carbons (Fsp3) is 0.467. The summed E-state index contributed by atoms with van der Waals surface area (Å²) in [6, 6.07) is 4.25. The van der Waals surface area contributed by atoms with Crippen molar-refractivity contribution in [2.24, 2.45) is 5.73 Å². The van der Waals surface area contributed by atoms with Crippen molar-refractivity contribution in [3.63, 3.8) is 0 Å². The van der Waals surface area contributed by atoms with E-state index in [9.17, 15) is 9.59 Å². The van der Waals surface area contributed by atoms with Crippen molar-refractivity contribution in [2.75, 3.05) is 25.6 Å². The second-order valence-electron chi connectivity index (χ2n) is 5.08. The van der Waals surface area contributed by atoms with Crippen LogP contribution in [0, 0.1) is 0 Å². The summed E-state index contributed by atoms with van der Waals surface area (Å²) >= 11 is 0. The lowest BCUT2D eigenvalue weighted by atomic mass is 10.1. The molecular weight excluding hydrogens is 286 g/mol. The fourth-order valence-electron chi connectivity index (χ4n) is 2.34. The van der Waals surface area contributed by atoms with Crippen LogP contribution in [0.5, 0.6) is 5.75 Å². The molecule has 1 heterocycles. The number of amides is 3. The SMILES string of the molecule is COc1ccc(C(N)=O)cc1NC(=O)NCCC1CCCO1. The predicted molar refractivity (Wildman–Crippen MR) is 82.1 cm³/mol. The van der Waals surface area contributed by atoms with Gasteiger partial charge in [0.25, 0.3) is 0 Å². The summed E-state index contributed by atoms with van der Waals surface area (Å²) < 4.78 is 10.6. The number of carbonyl (C=O) groups excluding carboxylic acids is 2. The average molecular weight is 307 g/mol. The number of rotatable bonds is 6. The summed E-state index contributed by atoms with van der Waals surface area (Å²) in [5.74, 6) is -0.108. The number of methoxy groups -OCH3 is 1. The van der Waals surface area contributed by atoms with Gasteiger partial charge in [-0.25, -0.2) is 4.79 Å². The summed E-state index contributed by atoms with van der Waals surface area (Å²) in [4.78, 5) is 23.1. The Bertz CT molecular complexity index is 542.